The van der Waals surface area contributed by atoms with E-state index >= 15 is 0 Å². The van der Waals surface area contributed by atoms with Gasteiger partial charge >= 0.3 is 0 Å². The number of pyridine rings is 1. The minimum atomic E-state index is -0.472. The van der Waals surface area contributed by atoms with Crippen LogP contribution in [0.3, 0.4) is 0 Å². The van der Waals surface area contributed by atoms with Crippen molar-refractivity contribution < 1.29 is 13.9 Å². The molecule has 26 heavy (non-hydrogen) atoms. The van der Waals surface area contributed by atoms with Gasteiger partial charge in [-0.15, -0.1) is 0 Å². The zero-order valence-corrected chi connectivity index (χ0v) is 15.6. The lowest BCUT2D eigenvalue weighted by atomic mass is 9.98. The normalized spacial score (nSPS) is 18.4. The van der Waals surface area contributed by atoms with Crippen LogP contribution < -0.4 is 4.74 Å². The molecule has 3 rings (SSSR count). The van der Waals surface area contributed by atoms with Crippen LogP contribution in [0.2, 0.25) is 0 Å². The number of amides is 1. The van der Waals surface area contributed by atoms with E-state index < -0.39 is 5.82 Å². The molecule has 2 heterocycles. The van der Waals surface area contributed by atoms with Gasteiger partial charge in [-0.25, -0.2) is 9.37 Å². The summed E-state index contributed by atoms with van der Waals surface area (Å²) in [6.45, 7) is 1.17. The van der Waals surface area contributed by atoms with Crippen LogP contribution in [0.4, 0.5) is 4.39 Å². The third-order valence-corrected chi connectivity index (χ3v) is 5.19. The van der Waals surface area contributed by atoms with E-state index in [4.69, 9.17) is 4.74 Å². The lowest BCUT2D eigenvalue weighted by Crippen LogP contribution is -2.46. The number of halogens is 1. The Bertz CT molecular complexity index is 729. The van der Waals surface area contributed by atoms with Crippen LogP contribution in [0.25, 0.3) is 0 Å². The predicted octanol–water partition coefficient (Wildman–Crippen LogP) is 3.74. The van der Waals surface area contributed by atoms with Gasteiger partial charge in [0.1, 0.15) is 6.10 Å². The second-order valence-corrected chi connectivity index (χ2v) is 7.29. The first kappa shape index (κ1) is 18.7. The van der Waals surface area contributed by atoms with Crippen molar-refractivity contribution in [2.45, 2.75) is 24.9 Å². The first-order chi connectivity index (χ1) is 12.7. The van der Waals surface area contributed by atoms with Gasteiger partial charge in [0, 0.05) is 18.5 Å². The maximum absolute atomic E-state index is 13.8. The first-order valence-corrected chi connectivity index (χ1v) is 10.2. The Hall–Kier alpha value is -2.08. The molecular weight excluding hydrogens is 351 g/mol. The SMILES string of the molecule is CSC[C@@H](C(=O)N1CCC[C@H](Oc2ncccc2F)C1)c1ccccc1. The molecule has 4 nitrogen and oxygen atoms in total. The maximum Gasteiger partial charge on any atom is 0.250 e. The van der Waals surface area contributed by atoms with E-state index in [0.29, 0.717) is 13.1 Å². The van der Waals surface area contributed by atoms with Gasteiger partial charge in [0.25, 0.3) is 5.88 Å². The van der Waals surface area contributed by atoms with Crippen LogP contribution in [-0.2, 0) is 4.79 Å². The van der Waals surface area contributed by atoms with Gasteiger partial charge < -0.3 is 9.64 Å². The Balaban J connectivity index is 1.69. The monoisotopic (exact) mass is 374 g/mol. The van der Waals surface area contributed by atoms with E-state index in [-0.39, 0.29) is 23.8 Å². The van der Waals surface area contributed by atoms with E-state index in [1.807, 2.05) is 41.5 Å². The van der Waals surface area contributed by atoms with Gasteiger partial charge in [0.2, 0.25) is 5.91 Å². The molecule has 0 saturated carbocycles. The van der Waals surface area contributed by atoms with E-state index in [2.05, 4.69) is 4.98 Å². The molecule has 2 aromatic rings. The summed E-state index contributed by atoms with van der Waals surface area (Å²) >= 11 is 1.66. The van der Waals surface area contributed by atoms with Crippen LogP contribution in [0.5, 0.6) is 5.88 Å². The molecule has 1 aromatic heterocycles. The molecule has 0 spiro atoms. The molecule has 1 saturated heterocycles. The second kappa shape index (κ2) is 9.03. The third-order valence-electron chi connectivity index (χ3n) is 4.53. The molecule has 1 aromatic carbocycles. The largest absolute Gasteiger partial charge is 0.470 e. The predicted molar refractivity (Wildman–Crippen MR) is 102 cm³/mol. The fourth-order valence-corrected chi connectivity index (χ4v) is 3.90. The minimum absolute atomic E-state index is 0.00974. The number of hydrogen-bond acceptors (Lipinski definition) is 4. The fraction of sp³-hybridized carbons (Fsp3) is 0.400. The average Bonchev–Trinajstić information content (AvgIpc) is 2.68. The van der Waals surface area contributed by atoms with Crippen LogP contribution in [0, 0.1) is 5.82 Å². The van der Waals surface area contributed by atoms with Crippen molar-refractivity contribution >= 4 is 17.7 Å². The number of ether oxygens (including phenoxy) is 1. The quantitative estimate of drug-likeness (QED) is 0.773. The van der Waals surface area contributed by atoms with Crippen molar-refractivity contribution in [1.82, 2.24) is 9.88 Å². The summed E-state index contributed by atoms with van der Waals surface area (Å²) in [4.78, 5) is 18.9. The molecule has 2 atom stereocenters. The number of benzene rings is 1. The van der Waals surface area contributed by atoms with Gasteiger partial charge in [-0.3, -0.25) is 4.79 Å². The summed E-state index contributed by atoms with van der Waals surface area (Å²) in [5, 5.41) is 0. The molecule has 0 bridgehead atoms. The standard InChI is InChI=1S/C20H23FN2O2S/c1-26-14-17(15-7-3-2-4-8-15)20(24)23-12-6-9-16(13-23)25-19-18(21)10-5-11-22-19/h2-5,7-8,10-11,16-17H,6,9,12-14H2,1H3/t16-,17+/m0/s1. The van der Waals surface area contributed by atoms with Crippen molar-refractivity contribution in [1.29, 1.82) is 0 Å². The molecule has 1 aliphatic rings. The van der Waals surface area contributed by atoms with E-state index in [1.165, 1.54) is 18.3 Å². The average molecular weight is 374 g/mol. The van der Waals surface area contributed by atoms with E-state index in [9.17, 15) is 9.18 Å². The van der Waals surface area contributed by atoms with Crippen LogP contribution in [-0.4, -0.2) is 47.0 Å². The highest BCUT2D eigenvalue weighted by molar-refractivity contribution is 7.98. The maximum atomic E-state index is 13.8. The summed E-state index contributed by atoms with van der Waals surface area (Å²) in [7, 11) is 0. The number of piperidine rings is 1. The molecule has 6 heteroatoms. The molecule has 0 aliphatic carbocycles. The van der Waals surface area contributed by atoms with Gasteiger partial charge in [0.05, 0.1) is 12.5 Å². The Morgan fingerprint density at radius 2 is 2.15 bits per heavy atom. The number of nitrogens with zero attached hydrogens (tertiary/aromatic N) is 2. The molecule has 138 valence electrons. The molecule has 0 N–H and O–H groups in total. The summed E-state index contributed by atoms with van der Waals surface area (Å²) in [5.74, 6) is 0.215. The topological polar surface area (TPSA) is 42.4 Å². The Labute approximate surface area is 157 Å². The second-order valence-electron chi connectivity index (χ2n) is 6.38. The van der Waals surface area contributed by atoms with Gasteiger partial charge in [-0.05, 0) is 36.8 Å². The lowest BCUT2D eigenvalue weighted by molar-refractivity contribution is -0.135. The number of carbonyl (C=O) groups is 1. The van der Waals surface area contributed by atoms with Crippen molar-refractivity contribution in [2.24, 2.45) is 0 Å². The Kier molecular flexibility index (Phi) is 6.50. The molecule has 1 fully saturated rings. The minimum Gasteiger partial charge on any atom is -0.470 e. The highest BCUT2D eigenvalue weighted by Crippen LogP contribution is 2.25. The molecule has 0 radical (unpaired) electrons. The molecule has 1 amide bonds. The Morgan fingerprint density at radius 3 is 2.88 bits per heavy atom. The molecule has 0 unspecified atom stereocenters. The van der Waals surface area contributed by atoms with Crippen molar-refractivity contribution in [2.75, 3.05) is 25.1 Å². The smallest absolute Gasteiger partial charge is 0.250 e. The zero-order valence-electron chi connectivity index (χ0n) is 14.8. The highest BCUT2D eigenvalue weighted by atomic mass is 32.2. The van der Waals surface area contributed by atoms with Crippen molar-refractivity contribution in [3.63, 3.8) is 0 Å². The Morgan fingerprint density at radius 1 is 1.35 bits per heavy atom. The van der Waals surface area contributed by atoms with E-state index in [1.54, 1.807) is 11.8 Å². The van der Waals surface area contributed by atoms with Gasteiger partial charge in [0.15, 0.2) is 5.82 Å². The number of hydrogen-bond donors (Lipinski definition) is 0. The summed E-state index contributed by atoms with van der Waals surface area (Å²) < 4.78 is 19.5. The summed E-state index contributed by atoms with van der Waals surface area (Å²) in [6.07, 6.45) is 4.91. The number of aromatic nitrogens is 1. The van der Waals surface area contributed by atoms with E-state index in [0.717, 1.165) is 24.2 Å². The van der Waals surface area contributed by atoms with Crippen LogP contribution >= 0.6 is 11.8 Å². The molecule has 1 aliphatic heterocycles. The zero-order chi connectivity index (χ0) is 18.4. The first-order valence-electron chi connectivity index (χ1n) is 8.79. The van der Waals surface area contributed by atoms with Gasteiger partial charge in [-0.1, -0.05) is 30.3 Å². The fourth-order valence-electron chi connectivity index (χ4n) is 3.23. The van der Waals surface area contributed by atoms with Crippen LogP contribution in [0.15, 0.2) is 48.7 Å². The number of rotatable bonds is 6. The number of carbonyl (C=O) groups excluding carboxylic acids is 1. The number of likely N-dealkylation sites (tertiary alicyclic amines) is 1. The lowest BCUT2D eigenvalue weighted by Gasteiger charge is -2.35. The molecular formula is C20H23FN2O2S. The van der Waals surface area contributed by atoms with Gasteiger partial charge in [-0.2, -0.15) is 11.8 Å². The number of thioether (sulfide) groups is 1. The highest BCUT2D eigenvalue weighted by Gasteiger charge is 2.30. The van der Waals surface area contributed by atoms with Crippen molar-refractivity contribution in [3.05, 3.63) is 60.0 Å². The third kappa shape index (κ3) is 4.55. The van der Waals surface area contributed by atoms with Crippen LogP contribution in [0.1, 0.15) is 24.3 Å². The summed E-state index contributed by atoms with van der Waals surface area (Å²) in [6, 6.07) is 12.7. The summed E-state index contributed by atoms with van der Waals surface area (Å²) in [5.41, 5.74) is 1.03. The van der Waals surface area contributed by atoms with Crippen molar-refractivity contribution in [3.8, 4) is 5.88 Å².